The third kappa shape index (κ3) is 2.42. The van der Waals surface area contributed by atoms with Crippen molar-refractivity contribution in [2.45, 2.75) is 45.3 Å². The van der Waals surface area contributed by atoms with Gasteiger partial charge in [-0.25, -0.2) is 0 Å². The number of rotatable bonds is 5. The molecule has 1 aliphatic carbocycles. The van der Waals surface area contributed by atoms with E-state index >= 15 is 0 Å². The predicted octanol–water partition coefficient (Wildman–Crippen LogP) is 1.69. The Bertz CT molecular complexity index is 402. The summed E-state index contributed by atoms with van der Waals surface area (Å²) in [4.78, 5) is 0. The van der Waals surface area contributed by atoms with Gasteiger partial charge < -0.3 is 14.8 Å². The van der Waals surface area contributed by atoms with Crippen LogP contribution in [0.3, 0.4) is 0 Å². The summed E-state index contributed by atoms with van der Waals surface area (Å²) in [5, 5.41) is 20.2. The fourth-order valence-corrected chi connectivity index (χ4v) is 3.31. The van der Waals surface area contributed by atoms with Gasteiger partial charge in [0, 0.05) is 17.7 Å². The quantitative estimate of drug-likeness (QED) is 0.799. The average Bonchev–Trinajstić information content (AvgIpc) is 2.88. The average molecular weight is 268 g/mol. The molecule has 0 atom stereocenters. The Kier molecular flexibility index (Phi) is 4.02. The number of nitrogens with zero attached hydrogens (tertiary/aromatic N) is 2. The third-order valence-corrected chi connectivity index (χ3v) is 6.06. The van der Waals surface area contributed by atoms with E-state index in [0.717, 1.165) is 43.4 Å². The zero-order valence-corrected chi connectivity index (χ0v) is 12.8. The van der Waals surface area contributed by atoms with E-state index in [0.29, 0.717) is 18.3 Å². The number of hydrogen-bond acceptors (Lipinski definition) is 3. The molecule has 0 unspecified atom stereocenters. The molecular weight excluding hydrogens is 244 g/mol. The Labute approximate surface area is 111 Å². The minimum Gasteiger partial charge on any atom is -0.494 e. The molecule has 0 radical (unpaired) electrons. The van der Waals surface area contributed by atoms with Crippen LogP contribution in [0.15, 0.2) is 0 Å². The minimum absolute atomic E-state index is 0.296. The fraction of sp³-hybridized carbons (Fsp3) is 0.692. The van der Waals surface area contributed by atoms with Gasteiger partial charge in [0.15, 0.2) is 11.8 Å². The Morgan fingerprint density at radius 2 is 1.72 bits per heavy atom. The van der Waals surface area contributed by atoms with Crippen molar-refractivity contribution in [2.75, 3.05) is 13.6 Å². The van der Waals surface area contributed by atoms with Crippen molar-refractivity contribution in [1.29, 1.82) is 0 Å². The van der Waals surface area contributed by atoms with Gasteiger partial charge in [-0.3, -0.25) is 4.57 Å². The first kappa shape index (κ1) is 13.5. The molecule has 0 aliphatic heterocycles. The Morgan fingerprint density at radius 1 is 1.17 bits per heavy atom. The monoisotopic (exact) mass is 268 g/mol. The Morgan fingerprint density at radius 3 is 2.22 bits per heavy atom. The molecule has 0 bridgehead atoms. The topological polar surface area (TPSA) is 48.6 Å². The maximum absolute atomic E-state index is 10.1. The summed E-state index contributed by atoms with van der Waals surface area (Å²) >= 11 is 0. The molecule has 0 fully saturated rings. The molecule has 18 heavy (non-hydrogen) atoms. The molecule has 2 rings (SSSR count). The number of fused-ring (bicyclic) bond motifs is 1. The van der Waals surface area contributed by atoms with Crippen LogP contribution < -0.4 is 0 Å². The lowest BCUT2D eigenvalue weighted by Crippen LogP contribution is -2.31. The van der Waals surface area contributed by atoms with Gasteiger partial charge in [0.2, 0.25) is 0 Å². The summed E-state index contributed by atoms with van der Waals surface area (Å²) in [7, 11) is 1.44. The van der Waals surface area contributed by atoms with Crippen molar-refractivity contribution in [1.82, 2.24) is 9.13 Å². The van der Waals surface area contributed by atoms with Gasteiger partial charge in [0.1, 0.15) is 8.96 Å². The molecule has 0 spiro atoms. The first-order chi connectivity index (χ1) is 8.52. The van der Waals surface area contributed by atoms with E-state index < -0.39 is 8.96 Å². The zero-order valence-electron chi connectivity index (χ0n) is 11.6. The summed E-state index contributed by atoms with van der Waals surface area (Å²) in [6.45, 7) is 6.35. The van der Waals surface area contributed by atoms with Crippen molar-refractivity contribution in [3.05, 3.63) is 11.1 Å². The first-order valence-corrected chi connectivity index (χ1v) is 9.67. The van der Waals surface area contributed by atoms with Crippen LogP contribution in [0.1, 0.15) is 24.0 Å². The number of hydrogen-bond donors (Lipinski definition) is 2. The van der Waals surface area contributed by atoms with Crippen LogP contribution in [0.2, 0.25) is 13.1 Å². The van der Waals surface area contributed by atoms with Crippen LogP contribution in [0, 0.1) is 0 Å². The molecule has 0 saturated carbocycles. The maximum Gasteiger partial charge on any atom is 0.197 e. The van der Waals surface area contributed by atoms with Crippen LogP contribution in [-0.2, 0) is 19.4 Å². The summed E-state index contributed by atoms with van der Waals surface area (Å²) in [5.41, 5.74) is 1.94. The molecule has 1 aromatic rings. The van der Waals surface area contributed by atoms with Crippen LogP contribution >= 0.6 is 0 Å². The van der Waals surface area contributed by atoms with Gasteiger partial charge in [-0.1, -0.05) is 13.1 Å². The highest BCUT2D eigenvalue weighted by Gasteiger charge is 2.25. The summed E-state index contributed by atoms with van der Waals surface area (Å²) in [5.74, 6) is 0.592. The van der Waals surface area contributed by atoms with Crippen molar-refractivity contribution >= 4 is 8.96 Å². The zero-order chi connectivity index (χ0) is 13.3. The van der Waals surface area contributed by atoms with E-state index in [-0.39, 0.29) is 0 Å². The summed E-state index contributed by atoms with van der Waals surface area (Å²) in [6.07, 6.45) is 3.83. The Hall–Kier alpha value is -0.943. The van der Waals surface area contributed by atoms with Crippen molar-refractivity contribution in [3.8, 4) is 11.8 Å². The lowest BCUT2D eigenvalue weighted by molar-refractivity contribution is 0.352. The van der Waals surface area contributed by atoms with Crippen molar-refractivity contribution in [3.63, 3.8) is 0 Å². The second-order valence-corrected chi connectivity index (χ2v) is 8.61. The molecule has 0 saturated heterocycles. The van der Waals surface area contributed by atoms with Crippen molar-refractivity contribution < 1.29 is 10.2 Å². The second-order valence-electron chi connectivity index (χ2n) is 5.54. The van der Waals surface area contributed by atoms with E-state index in [2.05, 4.69) is 24.7 Å². The smallest absolute Gasteiger partial charge is 0.197 e. The molecule has 1 aliphatic rings. The van der Waals surface area contributed by atoms with Gasteiger partial charge in [-0.2, -0.15) is 0 Å². The lowest BCUT2D eigenvalue weighted by Gasteiger charge is -2.20. The Balaban J connectivity index is 1.98. The lowest BCUT2D eigenvalue weighted by atomic mass is 10.2. The molecule has 4 nitrogen and oxygen atoms in total. The summed E-state index contributed by atoms with van der Waals surface area (Å²) in [6, 6.07) is 0. The molecule has 2 N–H and O–H groups in total. The minimum atomic E-state index is -0.715. The maximum atomic E-state index is 10.1. The first-order valence-electron chi connectivity index (χ1n) is 6.84. The van der Waals surface area contributed by atoms with Crippen molar-refractivity contribution in [2.24, 2.45) is 0 Å². The van der Waals surface area contributed by atoms with Gasteiger partial charge in [-0.15, -0.1) is 0 Å². The highest BCUT2D eigenvalue weighted by Crippen LogP contribution is 2.39. The molecule has 5 heteroatoms. The SMILES string of the molecule is CN(CCCn1c(O)c2c(c1O)CCC2)[SiH](C)C. The van der Waals surface area contributed by atoms with E-state index in [1.807, 2.05) is 0 Å². The van der Waals surface area contributed by atoms with Gasteiger partial charge in [0.25, 0.3) is 0 Å². The van der Waals surface area contributed by atoms with E-state index in [4.69, 9.17) is 0 Å². The molecule has 0 amide bonds. The van der Waals surface area contributed by atoms with Crippen LogP contribution in [0.5, 0.6) is 11.8 Å². The molecule has 1 aromatic heterocycles. The van der Waals surface area contributed by atoms with Crippen LogP contribution in [0.4, 0.5) is 0 Å². The van der Waals surface area contributed by atoms with E-state index in [9.17, 15) is 10.2 Å². The fourth-order valence-electron chi connectivity index (χ4n) is 2.61. The second kappa shape index (κ2) is 5.36. The number of aromatic hydroxyl groups is 2. The van der Waals surface area contributed by atoms with E-state index in [1.54, 1.807) is 4.57 Å². The van der Waals surface area contributed by atoms with E-state index in [1.165, 1.54) is 0 Å². The molecule has 0 aromatic carbocycles. The standard InChI is InChI=1S/C13H24N2O2Si/c1-14(18(2)3)8-5-9-15-12(16)10-6-4-7-11(10)13(15)17/h16-18H,4-9H2,1-3H3. The van der Waals surface area contributed by atoms with Gasteiger partial charge >= 0.3 is 0 Å². The molecule has 102 valence electrons. The van der Waals surface area contributed by atoms with Crippen LogP contribution in [-0.4, -0.2) is 41.9 Å². The third-order valence-electron chi connectivity index (χ3n) is 4.04. The van der Waals surface area contributed by atoms with Gasteiger partial charge in [-0.05, 0) is 39.3 Å². The summed E-state index contributed by atoms with van der Waals surface area (Å²) < 4.78 is 4.09. The normalized spacial score (nSPS) is 14.7. The predicted molar refractivity (Wildman–Crippen MR) is 75.9 cm³/mol. The highest BCUT2D eigenvalue weighted by atomic mass is 28.3. The highest BCUT2D eigenvalue weighted by molar-refractivity contribution is 6.52. The number of aromatic nitrogens is 1. The largest absolute Gasteiger partial charge is 0.494 e. The van der Waals surface area contributed by atoms with Gasteiger partial charge in [0.05, 0.1) is 0 Å². The molecule has 1 heterocycles. The van der Waals surface area contributed by atoms with Crippen LogP contribution in [0.25, 0.3) is 0 Å². The molecular formula is C13H24N2O2Si.